The third kappa shape index (κ3) is 5.74. The SMILES string of the molecule is N#Cc1cccc(-n2nc(C(F)(F)F)cc2C(=O)Nc2cccc(C(NCC3CC3)c3cccnc3)c2)c1. The van der Waals surface area contributed by atoms with E-state index in [-0.39, 0.29) is 23.0 Å². The van der Waals surface area contributed by atoms with E-state index in [1.54, 1.807) is 30.6 Å². The fourth-order valence-electron chi connectivity index (χ4n) is 4.16. The molecule has 4 aromatic rings. The molecule has 1 amide bonds. The second kappa shape index (κ2) is 10.5. The summed E-state index contributed by atoms with van der Waals surface area (Å²) in [6.07, 6.45) is 1.10. The monoisotopic (exact) mass is 516 g/mol. The summed E-state index contributed by atoms with van der Waals surface area (Å²) < 4.78 is 41.4. The molecule has 0 bridgehead atoms. The Morgan fingerprint density at radius 1 is 1.08 bits per heavy atom. The van der Waals surface area contributed by atoms with Gasteiger partial charge in [-0.05, 0) is 72.8 Å². The summed E-state index contributed by atoms with van der Waals surface area (Å²) >= 11 is 0. The van der Waals surface area contributed by atoms with Crippen molar-refractivity contribution in [3.05, 3.63) is 107 Å². The number of hydrogen-bond donors (Lipinski definition) is 2. The third-order valence-electron chi connectivity index (χ3n) is 6.26. The van der Waals surface area contributed by atoms with Crippen molar-refractivity contribution in [2.45, 2.75) is 25.1 Å². The maximum absolute atomic E-state index is 13.5. The molecule has 2 aromatic carbocycles. The highest BCUT2D eigenvalue weighted by Gasteiger charge is 2.36. The molecule has 10 heteroatoms. The Morgan fingerprint density at radius 3 is 2.58 bits per heavy atom. The van der Waals surface area contributed by atoms with Crippen LogP contribution in [0, 0.1) is 17.2 Å². The normalized spacial score (nSPS) is 14.1. The minimum atomic E-state index is -4.75. The van der Waals surface area contributed by atoms with Crippen LogP contribution in [0.25, 0.3) is 5.69 Å². The molecule has 5 rings (SSSR count). The molecule has 0 spiro atoms. The van der Waals surface area contributed by atoms with E-state index >= 15 is 0 Å². The molecule has 1 unspecified atom stereocenters. The lowest BCUT2D eigenvalue weighted by molar-refractivity contribution is -0.141. The zero-order valence-corrected chi connectivity index (χ0v) is 20.1. The van der Waals surface area contributed by atoms with Gasteiger partial charge in [0.05, 0.1) is 23.4 Å². The summed E-state index contributed by atoms with van der Waals surface area (Å²) in [5.74, 6) is -0.129. The zero-order valence-electron chi connectivity index (χ0n) is 20.1. The van der Waals surface area contributed by atoms with Gasteiger partial charge in [0.2, 0.25) is 0 Å². The molecule has 1 aliphatic rings. The molecule has 2 heterocycles. The Hall–Kier alpha value is -4.49. The Bertz CT molecular complexity index is 1490. The molecule has 0 aliphatic heterocycles. The number of amides is 1. The number of carbonyl (C=O) groups is 1. The van der Waals surface area contributed by atoms with Crippen LogP contribution in [0.4, 0.5) is 18.9 Å². The highest BCUT2D eigenvalue weighted by atomic mass is 19.4. The number of alkyl halides is 3. The van der Waals surface area contributed by atoms with Gasteiger partial charge in [0.15, 0.2) is 5.69 Å². The number of nitriles is 1. The first-order valence-corrected chi connectivity index (χ1v) is 12.0. The fourth-order valence-corrected chi connectivity index (χ4v) is 4.16. The predicted molar refractivity (Wildman–Crippen MR) is 134 cm³/mol. The van der Waals surface area contributed by atoms with Crippen molar-refractivity contribution in [3.63, 3.8) is 0 Å². The first-order valence-electron chi connectivity index (χ1n) is 12.0. The summed E-state index contributed by atoms with van der Waals surface area (Å²) in [5.41, 5.74) is 1.13. The van der Waals surface area contributed by atoms with Crippen LogP contribution in [0.15, 0.2) is 79.1 Å². The maximum Gasteiger partial charge on any atom is 0.435 e. The summed E-state index contributed by atoms with van der Waals surface area (Å²) in [6.45, 7) is 0.845. The van der Waals surface area contributed by atoms with Crippen molar-refractivity contribution < 1.29 is 18.0 Å². The zero-order chi connectivity index (χ0) is 26.7. The fraction of sp³-hybridized carbons (Fsp3) is 0.214. The summed E-state index contributed by atoms with van der Waals surface area (Å²) in [5, 5.41) is 19.1. The second-order valence-corrected chi connectivity index (χ2v) is 9.14. The molecule has 0 radical (unpaired) electrons. The third-order valence-corrected chi connectivity index (χ3v) is 6.26. The largest absolute Gasteiger partial charge is 0.435 e. The van der Waals surface area contributed by atoms with Crippen LogP contribution in [0.3, 0.4) is 0 Å². The lowest BCUT2D eigenvalue weighted by Crippen LogP contribution is -2.25. The van der Waals surface area contributed by atoms with E-state index in [2.05, 4.69) is 20.7 Å². The molecule has 1 aliphatic carbocycles. The number of pyridine rings is 1. The van der Waals surface area contributed by atoms with Crippen LogP contribution in [0.2, 0.25) is 0 Å². The van der Waals surface area contributed by atoms with Gasteiger partial charge in [-0.15, -0.1) is 0 Å². The van der Waals surface area contributed by atoms with E-state index in [4.69, 9.17) is 0 Å². The van der Waals surface area contributed by atoms with Crippen LogP contribution in [-0.2, 0) is 6.18 Å². The van der Waals surface area contributed by atoms with Gasteiger partial charge in [0.1, 0.15) is 5.69 Å². The second-order valence-electron chi connectivity index (χ2n) is 9.14. The lowest BCUT2D eigenvalue weighted by atomic mass is 9.99. The number of anilines is 1. The van der Waals surface area contributed by atoms with Gasteiger partial charge in [0.25, 0.3) is 5.91 Å². The average Bonchev–Trinajstić information content (AvgIpc) is 3.63. The van der Waals surface area contributed by atoms with E-state index in [9.17, 15) is 23.2 Å². The minimum absolute atomic E-state index is 0.166. The first kappa shape index (κ1) is 25.2. The number of halogens is 3. The van der Waals surface area contributed by atoms with Gasteiger partial charge >= 0.3 is 6.18 Å². The Morgan fingerprint density at radius 2 is 1.87 bits per heavy atom. The van der Waals surface area contributed by atoms with Crippen LogP contribution in [-0.4, -0.2) is 27.2 Å². The molecule has 2 aromatic heterocycles. The number of rotatable bonds is 8. The van der Waals surface area contributed by atoms with Crippen molar-refractivity contribution in [2.75, 3.05) is 11.9 Å². The van der Waals surface area contributed by atoms with Gasteiger partial charge < -0.3 is 10.6 Å². The smallest absolute Gasteiger partial charge is 0.321 e. The molecule has 38 heavy (non-hydrogen) atoms. The number of carbonyl (C=O) groups excluding carboxylic acids is 1. The summed E-state index contributed by atoms with van der Waals surface area (Å²) in [4.78, 5) is 17.5. The Kier molecular flexibility index (Phi) is 6.94. The molecule has 2 N–H and O–H groups in total. The van der Waals surface area contributed by atoms with Crippen molar-refractivity contribution in [1.82, 2.24) is 20.1 Å². The van der Waals surface area contributed by atoms with Crippen LogP contribution in [0.1, 0.15) is 51.8 Å². The van der Waals surface area contributed by atoms with Crippen LogP contribution < -0.4 is 10.6 Å². The van der Waals surface area contributed by atoms with E-state index in [1.807, 2.05) is 24.3 Å². The van der Waals surface area contributed by atoms with Gasteiger partial charge in [0, 0.05) is 24.1 Å². The molecular formula is C28H23F3N6O. The molecule has 1 atom stereocenters. The molecule has 0 saturated heterocycles. The highest BCUT2D eigenvalue weighted by Crippen LogP contribution is 2.32. The highest BCUT2D eigenvalue weighted by molar-refractivity contribution is 6.03. The van der Waals surface area contributed by atoms with Crippen molar-refractivity contribution in [3.8, 4) is 11.8 Å². The number of benzene rings is 2. The van der Waals surface area contributed by atoms with E-state index in [0.29, 0.717) is 17.7 Å². The van der Waals surface area contributed by atoms with E-state index in [1.165, 1.54) is 37.1 Å². The van der Waals surface area contributed by atoms with Gasteiger partial charge in [-0.3, -0.25) is 9.78 Å². The number of hydrogen-bond acceptors (Lipinski definition) is 5. The number of nitrogens with one attached hydrogen (secondary N) is 2. The molecule has 192 valence electrons. The minimum Gasteiger partial charge on any atom is -0.321 e. The van der Waals surface area contributed by atoms with Crippen molar-refractivity contribution in [1.29, 1.82) is 5.26 Å². The van der Waals surface area contributed by atoms with E-state index < -0.39 is 17.8 Å². The van der Waals surface area contributed by atoms with Crippen molar-refractivity contribution >= 4 is 11.6 Å². The summed E-state index contributed by atoms with van der Waals surface area (Å²) in [7, 11) is 0. The molecule has 1 fully saturated rings. The predicted octanol–water partition coefficient (Wildman–Crippen LogP) is 5.50. The lowest BCUT2D eigenvalue weighted by Gasteiger charge is -2.20. The average molecular weight is 517 g/mol. The van der Waals surface area contributed by atoms with E-state index in [0.717, 1.165) is 22.4 Å². The standard InChI is InChI=1S/C28H23F3N6O/c29-28(30,31)25-14-24(37(36-25)23-8-1-4-19(12-23)15-32)27(38)35-22-7-2-5-20(13-22)26(34-16-18-9-10-18)21-6-3-11-33-17-21/h1-8,11-14,17-18,26,34H,9-10,16H2,(H,35,38). The molecule has 7 nitrogen and oxygen atoms in total. The summed E-state index contributed by atoms with van der Waals surface area (Å²) in [6, 6.07) is 19.3. The van der Waals surface area contributed by atoms with Gasteiger partial charge in [-0.1, -0.05) is 24.3 Å². The molecule has 1 saturated carbocycles. The first-order chi connectivity index (χ1) is 18.3. The van der Waals surface area contributed by atoms with Gasteiger partial charge in [-0.25, -0.2) is 4.68 Å². The quantitative estimate of drug-likeness (QED) is 0.323. The Labute approximate surface area is 216 Å². The number of nitrogens with zero attached hydrogens (tertiary/aromatic N) is 4. The maximum atomic E-state index is 13.5. The Balaban J connectivity index is 1.45. The van der Waals surface area contributed by atoms with Crippen molar-refractivity contribution in [2.24, 2.45) is 5.92 Å². The van der Waals surface area contributed by atoms with Crippen LogP contribution >= 0.6 is 0 Å². The molecular weight excluding hydrogens is 493 g/mol. The van der Waals surface area contributed by atoms with Crippen LogP contribution in [0.5, 0.6) is 0 Å². The topological polar surface area (TPSA) is 95.6 Å². The number of aromatic nitrogens is 3. The van der Waals surface area contributed by atoms with Gasteiger partial charge in [-0.2, -0.15) is 23.5 Å².